The summed E-state index contributed by atoms with van der Waals surface area (Å²) in [5.41, 5.74) is 3.27. The molecule has 0 fully saturated rings. The third-order valence-electron chi connectivity index (χ3n) is 3.23. The Labute approximate surface area is 115 Å². The van der Waals surface area contributed by atoms with Gasteiger partial charge in [0.25, 0.3) is 0 Å². The van der Waals surface area contributed by atoms with Crippen molar-refractivity contribution in [2.45, 2.75) is 33.2 Å². The molecule has 1 aromatic carbocycles. The molecule has 0 aliphatic carbocycles. The Kier molecular flexibility index (Phi) is 4.74. The van der Waals surface area contributed by atoms with Crippen molar-refractivity contribution in [1.29, 1.82) is 0 Å². The Bertz CT molecular complexity index is 552. The number of hydrogen-bond acceptors (Lipinski definition) is 3. The maximum Gasteiger partial charge on any atom is 0.145 e. The van der Waals surface area contributed by atoms with E-state index in [0.29, 0.717) is 0 Å². The minimum Gasteiger partial charge on any atom is -0.491 e. The summed E-state index contributed by atoms with van der Waals surface area (Å²) in [5, 5.41) is 4.32. The molecule has 0 radical (unpaired) electrons. The molecule has 1 N–H and O–H groups in total. The van der Waals surface area contributed by atoms with E-state index >= 15 is 0 Å². The van der Waals surface area contributed by atoms with Crippen LogP contribution in [0, 0.1) is 6.92 Å². The number of hydrogen-bond donors (Lipinski definition) is 1. The van der Waals surface area contributed by atoms with Crippen LogP contribution in [0.1, 0.15) is 31.0 Å². The van der Waals surface area contributed by atoms with E-state index in [-0.39, 0.29) is 0 Å². The lowest BCUT2D eigenvalue weighted by atomic mass is 10.1. The fourth-order valence-corrected chi connectivity index (χ4v) is 2.12. The number of pyridine rings is 1. The molecule has 0 unspecified atom stereocenters. The standard InChI is InChI=1S/C16H22N2O/c1-4-5-9-19-15-8-6-7-13-10-14(11-17-3)12(2)18-16(13)15/h6-8,10,17H,4-5,9,11H2,1-3H3. The summed E-state index contributed by atoms with van der Waals surface area (Å²) in [7, 11) is 1.95. The van der Waals surface area contributed by atoms with Gasteiger partial charge in [0.15, 0.2) is 0 Å². The van der Waals surface area contributed by atoms with Gasteiger partial charge in [-0.05, 0) is 38.1 Å². The zero-order valence-electron chi connectivity index (χ0n) is 12.0. The molecule has 3 nitrogen and oxygen atoms in total. The third-order valence-corrected chi connectivity index (χ3v) is 3.23. The first-order chi connectivity index (χ1) is 9.26. The number of fused-ring (bicyclic) bond motifs is 1. The predicted octanol–water partition coefficient (Wildman–Crippen LogP) is 3.44. The molecule has 0 atom stereocenters. The highest BCUT2D eigenvalue weighted by atomic mass is 16.5. The van der Waals surface area contributed by atoms with E-state index in [1.807, 2.05) is 19.2 Å². The van der Waals surface area contributed by atoms with E-state index in [2.05, 4.69) is 31.3 Å². The number of benzene rings is 1. The molecule has 102 valence electrons. The Morgan fingerprint density at radius 1 is 1.32 bits per heavy atom. The van der Waals surface area contributed by atoms with Crippen molar-refractivity contribution in [3.05, 3.63) is 35.5 Å². The van der Waals surface area contributed by atoms with Crippen molar-refractivity contribution in [2.75, 3.05) is 13.7 Å². The van der Waals surface area contributed by atoms with Gasteiger partial charge in [-0.3, -0.25) is 0 Å². The largest absolute Gasteiger partial charge is 0.491 e. The SMILES string of the molecule is CCCCOc1cccc2cc(CNC)c(C)nc12. The van der Waals surface area contributed by atoms with Gasteiger partial charge in [0, 0.05) is 17.6 Å². The molecule has 0 aliphatic rings. The second-order valence-corrected chi connectivity index (χ2v) is 4.79. The summed E-state index contributed by atoms with van der Waals surface area (Å²) in [5.74, 6) is 0.894. The summed E-state index contributed by atoms with van der Waals surface area (Å²) in [6.45, 7) is 5.82. The molecule has 0 aliphatic heterocycles. The first-order valence-electron chi connectivity index (χ1n) is 6.93. The maximum atomic E-state index is 5.84. The highest BCUT2D eigenvalue weighted by molar-refractivity contribution is 5.85. The molecule has 0 saturated heterocycles. The average Bonchev–Trinajstić information content (AvgIpc) is 2.41. The number of nitrogens with zero attached hydrogens (tertiary/aromatic N) is 1. The van der Waals surface area contributed by atoms with Gasteiger partial charge in [-0.2, -0.15) is 0 Å². The number of aryl methyl sites for hydroxylation is 1. The normalized spacial score (nSPS) is 10.9. The van der Waals surface area contributed by atoms with E-state index in [1.54, 1.807) is 0 Å². The van der Waals surface area contributed by atoms with Gasteiger partial charge < -0.3 is 10.1 Å². The van der Waals surface area contributed by atoms with Crippen LogP contribution in [0.3, 0.4) is 0 Å². The molecule has 1 aromatic heterocycles. The first-order valence-corrected chi connectivity index (χ1v) is 6.93. The molecule has 0 spiro atoms. The number of ether oxygens (including phenoxy) is 1. The lowest BCUT2D eigenvalue weighted by Crippen LogP contribution is -2.08. The van der Waals surface area contributed by atoms with Crippen LogP contribution in [0.15, 0.2) is 24.3 Å². The number of aromatic nitrogens is 1. The van der Waals surface area contributed by atoms with Crippen LogP contribution in [-0.2, 0) is 6.54 Å². The van der Waals surface area contributed by atoms with Crippen molar-refractivity contribution in [2.24, 2.45) is 0 Å². The lowest BCUT2D eigenvalue weighted by molar-refractivity contribution is 0.312. The van der Waals surface area contributed by atoms with Crippen LogP contribution in [0.2, 0.25) is 0 Å². The Balaban J connectivity index is 2.36. The fraction of sp³-hybridized carbons (Fsp3) is 0.438. The number of rotatable bonds is 6. The van der Waals surface area contributed by atoms with Gasteiger partial charge in [-0.15, -0.1) is 0 Å². The van der Waals surface area contributed by atoms with Crippen LogP contribution in [0.5, 0.6) is 5.75 Å². The molecule has 2 rings (SSSR count). The molecule has 19 heavy (non-hydrogen) atoms. The first kappa shape index (κ1) is 13.8. The van der Waals surface area contributed by atoms with Crippen LogP contribution >= 0.6 is 0 Å². The summed E-state index contributed by atoms with van der Waals surface area (Å²) in [6.07, 6.45) is 2.22. The fourth-order valence-electron chi connectivity index (χ4n) is 2.12. The summed E-state index contributed by atoms with van der Waals surface area (Å²) < 4.78 is 5.84. The zero-order chi connectivity index (χ0) is 13.7. The molecular formula is C16H22N2O. The van der Waals surface area contributed by atoms with E-state index in [0.717, 1.165) is 48.3 Å². The van der Waals surface area contributed by atoms with Crippen molar-refractivity contribution in [3.8, 4) is 5.75 Å². The van der Waals surface area contributed by atoms with Crippen molar-refractivity contribution < 1.29 is 4.74 Å². The van der Waals surface area contributed by atoms with Crippen molar-refractivity contribution >= 4 is 10.9 Å². The highest BCUT2D eigenvalue weighted by Gasteiger charge is 2.07. The summed E-state index contributed by atoms with van der Waals surface area (Å²) in [4.78, 5) is 4.71. The van der Waals surface area contributed by atoms with Crippen molar-refractivity contribution in [3.63, 3.8) is 0 Å². The maximum absolute atomic E-state index is 5.84. The van der Waals surface area contributed by atoms with Gasteiger partial charge in [0.2, 0.25) is 0 Å². The Hall–Kier alpha value is -1.61. The number of para-hydroxylation sites is 1. The summed E-state index contributed by atoms with van der Waals surface area (Å²) in [6, 6.07) is 8.32. The van der Waals surface area contributed by atoms with Gasteiger partial charge in [-0.1, -0.05) is 25.5 Å². The van der Waals surface area contributed by atoms with E-state index < -0.39 is 0 Å². The predicted molar refractivity (Wildman–Crippen MR) is 79.6 cm³/mol. The van der Waals surface area contributed by atoms with Crippen LogP contribution in [0.25, 0.3) is 10.9 Å². The second-order valence-electron chi connectivity index (χ2n) is 4.79. The average molecular weight is 258 g/mol. The van der Waals surface area contributed by atoms with Gasteiger partial charge in [0.05, 0.1) is 6.61 Å². The number of nitrogens with one attached hydrogen (secondary N) is 1. The molecule has 0 amide bonds. The number of unbranched alkanes of at least 4 members (excludes halogenated alkanes) is 1. The molecule has 2 aromatic rings. The topological polar surface area (TPSA) is 34.1 Å². The minimum atomic E-state index is 0.759. The third kappa shape index (κ3) is 3.24. The highest BCUT2D eigenvalue weighted by Crippen LogP contribution is 2.25. The molecule has 3 heteroatoms. The molecule has 0 bridgehead atoms. The lowest BCUT2D eigenvalue weighted by Gasteiger charge is -2.11. The van der Waals surface area contributed by atoms with Gasteiger partial charge in [-0.25, -0.2) is 4.98 Å². The van der Waals surface area contributed by atoms with Crippen molar-refractivity contribution in [1.82, 2.24) is 10.3 Å². The van der Waals surface area contributed by atoms with Crippen LogP contribution in [0.4, 0.5) is 0 Å². The van der Waals surface area contributed by atoms with E-state index in [9.17, 15) is 0 Å². The molecule has 0 saturated carbocycles. The Morgan fingerprint density at radius 3 is 2.89 bits per heavy atom. The summed E-state index contributed by atoms with van der Waals surface area (Å²) >= 11 is 0. The van der Waals surface area contributed by atoms with Crippen LogP contribution in [-0.4, -0.2) is 18.6 Å². The van der Waals surface area contributed by atoms with Gasteiger partial charge >= 0.3 is 0 Å². The second kappa shape index (κ2) is 6.53. The monoisotopic (exact) mass is 258 g/mol. The molecular weight excluding hydrogens is 236 g/mol. The minimum absolute atomic E-state index is 0.759. The molecule has 1 heterocycles. The Morgan fingerprint density at radius 2 is 2.16 bits per heavy atom. The van der Waals surface area contributed by atoms with Gasteiger partial charge in [0.1, 0.15) is 11.3 Å². The van der Waals surface area contributed by atoms with Crippen LogP contribution < -0.4 is 10.1 Å². The quantitative estimate of drug-likeness (QED) is 0.806. The zero-order valence-corrected chi connectivity index (χ0v) is 12.0. The van der Waals surface area contributed by atoms with E-state index in [4.69, 9.17) is 9.72 Å². The van der Waals surface area contributed by atoms with E-state index in [1.165, 1.54) is 5.56 Å². The smallest absolute Gasteiger partial charge is 0.145 e.